The Morgan fingerprint density at radius 3 is 2.91 bits per heavy atom. The first-order valence-electron chi connectivity index (χ1n) is 3.40. The zero-order valence-corrected chi connectivity index (χ0v) is 6.50. The summed E-state index contributed by atoms with van der Waals surface area (Å²) in [5.74, 6) is 0.0243. The number of rotatable bonds is 2. The molecule has 1 rings (SSSR count). The van der Waals surface area contributed by atoms with Crippen molar-refractivity contribution in [1.82, 2.24) is 9.97 Å². The van der Waals surface area contributed by atoms with Crippen molar-refractivity contribution in [3.8, 4) is 5.88 Å². The molecule has 0 fully saturated rings. The molecule has 0 aromatic carbocycles. The average molecular weight is 154 g/mol. The summed E-state index contributed by atoms with van der Waals surface area (Å²) in [5.41, 5.74) is 0. The van der Waals surface area contributed by atoms with Crippen LogP contribution >= 0.6 is 0 Å². The van der Waals surface area contributed by atoms with Gasteiger partial charge in [0.05, 0.1) is 18.4 Å². The summed E-state index contributed by atoms with van der Waals surface area (Å²) < 4.78 is 4.86. The molecule has 1 heterocycles. The molecule has 0 aliphatic rings. The van der Waals surface area contributed by atoms with Crippen LogP contribution in [-0.2, 0) is 4.79 Å². The third kappa shape index (κ3) is 2.07. The Morgan fingerprint density at radius 2 is 2.45 bits per heavy atom. The van der Waals surface area contributed by atoms with Crippen LogP contribution in [0.1, 0.15) is 13.8 Å². The molecule has 4 nitrogen and oxygen atoms in total. The second-order valence-corrected chi connectivity index (χ2v) is 2.49. The summed E-state index contributed by atoms with van der Waals surface area (Å²) in [6.45, 7) is 3.55. The molecule has 4 heteroatoms. The predicted octanol–water partition coefficient (Wildman–Crippen LogP) is 0.971. The first kappa shape index (κ1) is 7.78. The van der Waals surface area contributed by atoms with Crippen LogP contribution < -0.4 is 4.74 Å². The first-order chi connectivity index (χ1) is 5.20. The van der Waals surface area contributed by atoms with Crippen LogP contribution in [-0.4, -0.2) is 15.9 Å². The number of hydrogen-bond acceptors (Lipinski definition) is 3. The molecule has 1 N–H and O–H groups in total. The summed E-state index contributed by atoms with van der Waals surface area (Å²) in [5, 5.41) is 0. The van der Waals surface area contributed by atoms with Crippen molar-refractivity contribution in [2.75, 3.05) is 0 Å². The lowest BCUT2D eigenvalue weighted by Gasteiger charge is -2.02. The number of aromatic nitrogens is 2. The fraction of sp³-hybridized carbons (Fsp3) is 0.429. The van der Waals surface area contributed by atoms with Crippen molar-refractivity contribution in [2.45, 2.75) is 13.8 Å². The second-order valence-electron chi connectivity index (χ2n) is 2.49. The molecule has 1 aromatic rings. The maximum atomic E-state index is 10.9. The second kappa shape index (κ2) is 3.18. The van der Waals surface area contributed by atoms with Gasteiger partial charge in [-0.1, -0.05) is 13.8 Å². The van der Waals surface area contributed by atoms with Gasteiger partial charge in [0.25, 0.3) is 0 Å². The van der Waals surface area contributed by atoms with E-state index in [-0.39, 0.29) is 11.9 Å². The SMILES string of the molecule is CC(C)C(=O)Oc1cnc[nH]1. The highest BCUT2D eigenvalue weighted by Crippen LogP contribution is 2.05. The van der Waals surface area contributed by atoms with E-state index in [4.69, 9.17) is 4.74 Å². The van der Waals surface area contributed by atoms with Crippen molar-refractivity contribution in [1.29, 1.82) is 0 Å². The topological polar surface area (TPSA) is 55.0 Å². The minimum absolute atomic E-state index is 0.113. The molecular formula is C7H10N2O2. The van der Waals surface area contributed by atoms with E-state index in [9.17, 15) is 4.79 Å². The molecule has 11 heavy (non-hydrogen) atoms. The Kier molecular flexibility index (Phi) is 2.25. The van der Waals surface area contributed by atoms with Gasteiger partial charge in [0.1, 0.15) is 0 Å². The third-order valence-corrected chi connectivity index (χ3v) is 1.16. The van der Waals surface area contributed by atoms with Crippen molar-refractivity contribution in [3.05, 3.63) is 12.5 Å². The fourth-order valence-electron chi connectivity index (χ4n) is 0.525. The number of carbonyl (C=O) groups is 1. The average Bonchev–Trinajstić information content (AvgIpc) is 2.39. The van der Waals surface area contributed by atoms with Crippen LogP contribution in [0.5, 0.6) is 5.88 Å². The molecule has 0 saturated heterocycles. The smallest absolute Gasteiger partial charge is 0.315 e. The first-order valence-corrected chi connectivity index (χ1v) is 3.40. The molecule has 0 bridgehead atoms. The molecule has 0 saturated carbocycles. The maximum Gasteiger partial charge on any atom is 0.315 e. The summed E-state index contributed by atoms with van der Waals surface area (Å²) >= 11 is 0. The Morgan fingerprint density at radius 1 is 1.73 bits per heavy atom. The van der Waals surface area contributed by atoms with Gasteiger partial charge in [0, 0.05) is 0 Å². The van der Waals surface area contributed by atoms with E-state index in [1.165, 1.54) is 12.5 Å². The van der Waals surface area contributed by atoms with Crippen LogP contribution in [0.2, 0.25) is 0 Å². The quantitative estimate of drug-likeness (QED) is 0.646. The number of H-pyrrole nitrogens is 1. The Hall–Kier alpha value is -1.32. The van der Waals surface area contributed by atoms with E-state index in [2.05, 4.69) is 9.97 Å². The summed E-state index contributed by atoms with van der Waals surface area (Å²) in [7, 11) is 0. The Bertz CT molecular complexity index is 229. The molecular weight excluding hydrogens is 144 g/mol. The molecule has 0 spiro atoms. The molecule has 0 unspecified atom stereocenters. The zero-order valence-electron chi connectivity index (χ0n) is 6.50. The van der Waals surface area contributed by atoms with Crippen molar-refractivity contribution in [3.63, 3.8) is 0 Å². The Labute approximate surface area is 64.6 Å². The van der Waals surface area contributed by atoms with Gasteiger partial charge in [-0.15, -0.1) is 0 Å². The number of esters is 1. The van der Waals surface area contributed by atoms with Crippen LogP contribution in [0.4, 0.5) is 0 Å². The van der Waals surface area contributed by atoms with Gasteiger partial charge in [-0.05, 0) is 0 Å². The normalized spacial score (nSPS) is 10.1. The highest BCUT2D eigenvalue weighted by molar-refractivity contribution is 5.73. The lowest BCUT2D eigenvalue weighted by atomic mass is 10.2. The zero-order chi connectivity index (χ0) is 8.27. The minimum atomic E-state index is -0.255. The van der Waals surface area contributed by atoms with E-state index in [1.54, 1.807) is 13.8 Å². The van der Waals surface area contributed by atoms with Crippen molar-refractivity contribution in [2.24, 2.45) is 5.92 Å². The van der Waals surface area contributed by atoms with E-state index in [0.29, 0.717) is 5.88 Å². The number of carbonyl (C=O) groups excluding carboxylic acids is 1. The van der Waals surface area contributed by atoms with E-state index in [1.807, 2.05) is 0 Å². The summed E-state index contributed by atoms with van der Waals surface area (Å²) in [4.78, 5) is 17.3. The van der Waals surface area contributed by atoms with Gasteiger partial charge in [0.2, 0.25) is 5.88 Å². The summed E-state index contributed by atoms with van der Waals surface area (Å²) in [6.07, 6.45) is 2.92. The fourth-order valence-corrected chi connectivity index (χ4v) is 0.525. The molecule has 1 aromatic heterocycles. The van der Waals surface area contributed by atoms with Crippen LogP contribution in [0.25, 0.3) is 0 Å². The minimum Gasteiger partial charge on any atom is -0.408 e. The lowest BCUT2D eigenvalue weighted by molar-refractivity contribution is -0.138. The van der Waals surface area contributed by atoms with Gasteiger partial charge >= 0.3 is 5.97 Å². The lowest BCUT2D eigenvalue weighted by Crippen LogP contribution is -2.14. The van der Waals surface area contributed by atoms with Crippen molar-refractivity contribution >= 4 is 5.97 Å². The number of aromatic amines is 1. The molecule has 0 aliphatic carbocycles. The number of imidazole rings is 1. The summed E-state index contributed by atoms with van der Waals surface area (Å²) in [6, 6.07) is 0. The van der Waals surface area contributed by atoms with Gasteiger partial charge in [-0.3, -0.25) is 4.79 Å². The predicted molar refractivity (Wildman–Crippen MR) is 39.1 cm³/mol. The van der Waals surface area contributed by atoms with E-state index >= 15 is 0 Å². The van der Waals surface area contributed by atoms with Crippen LogP contribution in [0, 0.1) is 5.92 Å². The van der Waals surface area contributed by atoms with Crippen LogP contribution in [0.15, 0.2) is 12.5 Å². The standard InChI is InChI=1S/C7H10N2O2/c1-5(2)7(10)11-6-3-8-4-9-6/h3-5H,1-2H3,(H,8,9). The highest BCUT2D eigenvalue weighted by Gasteiger charge is 2.09. The van der Waals surface area contributed by atoms with Gasteiger partial charge < -0.3 is 9.72 Å². The van der Waals surface area contributed by atoms with Gasteiger partial charge in [-0.25, -0.2) is 4.98 Å². The largest absolute Gasteiger partial charge is 0.408 e. The number of nitrogens with one attached hydrogen (secondary N) is 1. The molecule has 0 radical (unpaired) electrons. The van der Waals surface area contributed by atoms with Crippen LogP contribution in [0.3, 0.4) is 0 Å². The van der Waals surface area contributed by atoms with Gasteiger partial charge in [0.15, 0.2) is 0 Å². The number of hydrogen-bond donors (Lipinski definition) is 1. The molecule has 0 aliphatic heterocycles. The third-order valence-electron chi connectivity index (χ3n) is 1.16. The molecule has 0 amide bonds. The maximum absolute atomic E-state index is 10.9. The van der Waals surface area contributed by atoms with E-state index in [0.717, 1.165) is 0 Å². The van der Waals surface area contributed by atoms with Crippen molar-refractivity contribution < 1.29 is 9.53 Å². The number of ether oxygens (including phenoxy) is 1. The van der Waals surface area contributed by atoms with E-state index < -0.39 is 0 Å². The number of nitrogens with zero attached hydrogens (tertiary/aromatic N) is 1. The highest BCUT2D eigenvalue weighted by atomic mass is 16.5. The monoisotopic (exact) mass is 154 g/mol. The van der Waals surface area contributed by atoms with Gasteiger partial charge in [-0.2, -0.15) is 0 Å². The Balaban J connectivity index is 2.50. The molecule has 0 atom stereocenters. The molecule has 60 valence electrons.